The molecular weight excluding hydrogens is 468 g/mol. The maximum Gasteiger partial charge on any atom is 0.335 e. The van der Waals surface area contributed by atoms with Crippen LogP contribution in [0.5, 0.6) is 0 Å². The van der Waals surface area contributed by atoms with Crippen molar-refractivity contribution in [1.82, 2.24) is 9.88 Å². The van der Waals surface area contributed by atoms with Crippen LogP contribution in [0.3, 0.4) is 0 Å². The predicted molar refractivity (Wildman–Crippen MR) is 145 cm³/mol. The lowest BCUT2D eigenvalue weighted by atomic mass is 10.1. The summed E-state index contributed by atoms with van der Waals surface area (Å²) >= 11 is 0. The van der Waals surface area contributed by atoms with Crippen LogP contribution in [0, 0.1) is 0 Å². The average molecular weight is 499 g/mol. The van der Waals surface area contributed by atoms with Gasteiger partial charge in [-0.25, -0.2) is 4.79 Å². The summed E-state index contributed by atoms with van der Waals surface area (Å²) in [6, 6.07) is 22.4. The topological polar surface area (TPSA) is 95.8 Å². The second kappa shape index (κ2) is 10.4. The quantitative estimate of drug-likeness (QED) is 0.334. The highest BCUT2D eigenvalue weighted by atomic mass is 16.5. The maximum atomic E-state index is 13.6. The van der Waals surface area contributed by atoms with Crippen molar-refractivity contribution in [2.45, 2.75) is 13.0 Å². The van der Waals surface area contributed by atoms with Gasteiger partial charge in [-0.15, -0.1) is 0 Å². The first-order chi connectivity index (χ1) is 17.9. The summed E-state index contributed by atoms with van der Waals surface area (Å²) in [6.45, 7) is 4.99. The van der Waals surface area contributed by atoms with E-state index in [0.717, 1.165) is 46.6 Å². The van der Waals surface area contributed by atoms with Gasteiger partial charge in [-0.05, 0) is 48.9 Å². The van der Waals surface area contributed by atoms with Crippen LogP contribution in [-0.2, 0) is 11.8 Å². The van der Waals surface area contributed by atoms with E-state index in [1.807, 2.05) is 54.9 Å². The highest BCUT2D eigenvalue weighted by molar-refractivity contribution is 6.10. The number of anilines is 3. The van der Waals surface area contributed by atoms with Crippen LogP contribution in [-0.4, -0.2) is 47.9 Å². The van der Waals surface area contributed by atoms with Crippen LogP contribution in [0.4, 0.5) is 17.1 Å². The van der Waals surface area contributed by atoms with Gasteiger partial charge in [0, 0.05) is 36.9 Å². The largest absolute Gasteiger partial charge is 0.478 e. The summed E-state index contributed by atoms with van der Waals surface area (Å²) in [5.41, 5.74) is 5.24. The number of hydrogen-bond donors (Lipinski definition) is 3. The normalized spacial score (nSPS) is 14.4. The van der Waals surface area contributed by atoms with Crippen LogP contribution in [0.2, 0.25) is 0 Å². The Balaban J connectivity index is 1.45. The molecule has 0 saturated carbocycles. The van der Waals surface area contributed by atoms with Crippen molar-refractivity contribution >= 4 is 39.8 Å². The summed E-state index contributed by atoms with van der Waals surface area (Å²) in [7, 11) is 1.89. The summed E-state index contributed by atoms with van der Waals surface area (Å²) in [6.07, 6.45) is 0. The van der Waals surface area contributed by atoms with Crippen molar-refractivity contribution in [3.05, 3.63) is 89.6 Å². The Hall–Kier alpha value is -4.30. The molecule has 3 aromatic carbocycles. The monoisotopic (exact) mass is 498 g/mol. The lowest BCUT2D eigenvalue weighted by molar-refractivity contribution is 0.0696. The number of amides is 1. The van der Waals surface area contributed by atoms with E-state index >= 15 is 0 Å². The smallest absolute Gasteiger partial charge is 0.335 e. The van der Waals surface area contributed by atoms with E-state index < -0.39 is 5.97 Å². The van der Waals surface area contributed by atoms with Crippen molar-refractivity contribution in [3.63, 3.8) is 0 Å². The van der Waals surface area contributed by atoms with Gasteiger partial charge in [-0.3, -0.25) is 4.79 Å². The number of aryl methyl sites for hydroxylation is 1. The fourth-order valence-corrected chi connectivity index (χ4v) is 4.79. The number of fused-ring (bicyclic) bond motifs is 1. The van der Waals surface area contributed by atoms with E-state index in [4.69, 9.17) is 9.84 Å². The van der Waals surface area contributed by atoms with Gasteiger partial charge in [0.2, 0.25) is 0 Å². The summed E-state index contributed by atoms with van der Waals surface area (Å²) in [5, 5.41) is 16.7. The SMILES string of the molecule is CC(NC(=O)c1c(Nc2cccc(N3CCOCC3)c2)c2ccccc2n1C)c1ccc(C(=O)O)cc1. The number of nitrogens with one attached hydrogen (secondary N) is 2. The number of benzene rings is 3. The Bertz CT molecular complexity index is 1440. The molecule has 5 rings (SSSR count). The Kier molecular flexibility index (Phi) is 6.83. The Labute approximate surface area is 215 Å². The number of carboxylic acid groups (broad SMARTS) is 1. The molecule has 8 nitrogen and oxygen atoms in total. The molecule has 2 heterocycles. The average Bonchev–Trinajstić information content (AvgIpc) is 3.20. The van der Waals surface area contributed by atoms with Gasteiger partial charge < -0.3 is 29.9 Å². The summed E-state index contributed by atoms with van der Waals surface area (Å²) in [5.74, 6) is -1.20. The molecular formula is C29H30N4O4. The van der Waals surface area contributed by atoms with Crippen LogP contribution in [0.1, 0.15) is 39.4 Å². The third kappa shape index (κ3) is 5.01. The number of rotatable bonds is 7. The van der Waals surface area contributed by atoms with Gasteiger partial charge in [0.25, 0.3) is 5.91 Å². The minimum Gasteiger partial charge on any atom is -0.478 e. The van der Waals surface area contributed by atoms with Crippen LogP contribution >= 0.6 is 0 Å². The number of aromatic carboxylic acids is 1. The maximum absolute atomic E-state index is 13.6. The molecule has 37 heavy (non-hydrogen) atoms. The first-order valence-corrected chi connectivity index (χ1v) is 12.3. The Morgan fingerprint density at radius 3 is 2.43 bits per heavy atom. The molecule has 0 radical (unpaired) electrons. The Morgan fingerprint density at radius 2 is 1.70 bits per heavy atom. The summed E-state index contributed by atoms with van der Waals surface area (Å²) in [4.78, 5) is 27.1. The number of aromatic nitrogens is 1. The molecule has 1 unspecified atom stereocenters. The van der Waals surface area contributed by atoms with Gasteiger partial charge in [0.1, 0.15) is 5.69 Å². The molecule has 8 heteroatoms. The lowest BCUT2D eigenvalue weighted by Gasteiger charge is -2.29. The second-order valence-corrected chi connectivity index (χ2v) is 9.20. The first-order valence-electron chi connectivity index (χ1n) is 12.3. The minimum atomic E-state index is -0.979. The van der Waals surface area contributed by atoms with Crippen molar-refractivity contribution in [3.8, 4) is 0 Å². The highest BCUT2D eigenvalue weighted by Gasteiger charge is 2.23. The molecule has 1 aliphatic rings. The van der Waals surface area contributed by atoms with Crippen LogP contribution in [0.25, 0.3) is 10.9 Å². The lowest BCUT2D eigenvalue weighted by Crippen LogP contribution is -2.36. The summed E-state index contributed by atoms with van der Waals surface area (Å²) < 4.78 is 7.39. The second-order valence-electron chi connectivity index (χ2n) is 9.20. The van der Waals surface area contributed by atoms with Gasteiger partial charge in [0.15, 0.2) is 0 Å². The molecule has 0 bridgehead atoms. The molecule has 4 aromatic rings. The number of para-hydroxylation sites is 1. The van der Waals surface area contributed by atoms with Crippen LogP contribution in [0.15, 0.2) is 72.8 Å². The van der Waals surface area contributed by atoms with Gasteiger partial charge in [-0.1, -0.05) is 36.4 Å². The van der Waals surface area contributed by atoms with Crippen LogP contribution < -0.4 is 15.5 Å². The van der Waals surface area contributed by atoms with Crippen molar-refractivity contribution < 1.29 is 19.4 Å². The van der Waals surface area contributed by atoms with Crippen molar-refractivity contribution in [2.75, 3.05) is 36.5 Å². The zero-order valence-corrected chi connectivity index (χ0v) is 20.9. The molecule has 3 N–H and O–H groups in total. The van der Waals surface area contributed by atoms with Crippen molar-refractivity contribution in [2.24, 2.45) is 7.05 Å². The molecule has 0 aliphatic carbocycles. The Morgan fingerprint density at radius 1 is 0.973 bits per heavy atom. The van der Waals surface area contributed by atoms with E-state index in [-0.39, 0.29) is 17.5 Å². The highest BCUT2D eigenvalue weighted by Crippen LogP contribution is 2.34. The van der Waals surface area contributed by atoms with Gasteiger partial charge in [-0.2, -0.15) is 0 Å². The number of nitrogens with zero attached hydrogens (tertiary/aromatic N) is 2. The predicted octanol–water partition coefficient (Wildman–Crippen LogP) is 4.95. The number of hydrogen-bond acceptors (Lipinski definition) is 5. The molecule has 0 spiro atoms. The van der Waals surface area contributed by atoms with E-state index in [1.54, 1.807) is 24.3 Å². The van der Waals surface area contributed by atoms with Gasteiger partial charge in [0.05, 0.1) is 36.0 Å². The number of ether oxygens (including phenoxy) is 1. The molecule has 1 aromatic heterocycles. The van der Waals surface area contributed by atoms with E-state index in [0.29, 0.717) is 18.9 Å². The van der Waals surface area contributed by atoms with Crippen molar-refractivity contribution in [1.29, 1.82) is 0 Å². The molecule has 1 aliphatic heterocycles. The number of carboxylic acids is 1. The zero-order chi connectivity index (χ0) is 25.9. The van der Waals surface area contributed by atoms with Gasteiger partial charge >= 0.3 is 5.97 Å². The molecule has 1 amide bonds. The zero-order valence-electron chi connectivity index (χ0n) is 20.9. The van der Waals surface area contributed by atoms with E-state index in [2.05, 4.69) is 27.7 Å². The minimum absolute atomic E-state index is 0.210. The fraction of sp³-hybridized carbons (Fsp3) is 0.241. The van der Waals surface area contributed by atoms with E-state index in [1.165, 1.54) is 0 Å². The molecule has 190 valence electrons. The third-order valence-corrected chi connectivity index (χ3v) is 6.82. The number of morpholine rings is 1. The number of carbonyl (C=O) groups is 2. The molecule has 1 saturated heterocycles. The standard InChI is InChI=1S/C29H30N4O4/c1-19(20-10-12-21(13-11-20)29(35)36)30-28(34)27-26(24-8-3-4-9-25(24)32(27)2)31-22-6-5-7-23(18-22)33-14-16-37-17-15-33/h3-13,18-19,31H,14-17H2,1-2H3,(H,30,34)(H,35,36). The molecule has 1 atom stereocenters. The molecule has 1 fully saturated rings. The number of carbonyl (C=O) groups excluding carboxylic acids is 1. The third-order valence-electron chi connectivity index (χ3n) is 6.82. The fourth-order valence-electron chi connectivity index (χ4n) is 4.79. The first kappa shape index (κ1) is 24.4. The van der Waals surface area contributed by atoms with E-state index in [9.17, 15) is 9.59 Å².